The normalized spacial score (nSPS) is 17.5. The summed E-state index contributed by atoms with van der Waals surface area (Å²) in [6.45, 7) is 2.00. The second-order valence-electron chi connectivity index (χ2n) is 5.74. The van der Waals surface area contributed by atoms with Crippen LogP contribution in [0.3, 0.4) is 0 Å². The maximum Gasteiger partial charge on any atom is 0.371 e. The number of rotatable bonds is 3. The molecule has 0 aliphatic heterocycles. The van der Waals surface area contributed by atoms with Crippen molar-refractivity contribution in [3.05, 3.63) is 44.8 Å². The number of fused-ring (bicyclic) bond motifs is 2. The number of aryl methyl sites for hydroxylation is 2. The summed E-state index contributed by atoms with van der Waals surface area (Å²) in [7, 11) is 0. The fourth-order valence-electron chi connectivity index (χ4n) is 3.29. The first-order valence-electron chi connectivity index (χ1n) is 7.56. The largest absolute Gasteiger partial charge is 0.475 e. The molecule has 2 aromatic rings. The van der Waals surface area contributed by atoms with Gasteiger partial charge >= 0.3 is 5.97 Å². The van der Waals surface area contributed by atoms with Gasteiger partial charge in [-0.1, -0.05) is 13.3 Å². The maximum atomic E-state index is 12.2. The Labute approximate surface area is 127 Å². The fourth-order valence-corrected chi connectivity index (χ4v) is 3.29. The van der Waals surface area contributed by atoms with Crippen molar-refractivity contribution in [2.75, 3.05) is 0 Å². The first-order chi connectivity index (χ1) is 10.5. The van der Waals surface area contributed by atoms with Crippen molar-refractivity contribution in [2.45, 2.75) is 45.1 Å². The molecule has 116 valence electrons. The molecule has 1 heterocycles. The van der Waals surface area contributed by atoms with Gasteiger partial charge in [0.25, 0.3) is 0 Å². The third-order valence-corrected chi connectivity index (χ3v) is 4.22. The van der Waals surface area contributed by atoms with Crippen molar-refractivity contribution < 1.29 is 19.4 Å². The van der Waals surface area contributed by atoms with Crippen LogP contribution in [-0.4, -0.2) is 16.2 Å². The zero-order valence-electron chi connectivity index (χ0n) is 12.4. The third-order valence-electron chi connectivity index (χ3n) is 4.22. The lowest BCUT2D eigenvalue weighted by atomic mass is 9.83. The molecule has 0 saturated carbocycles. The topological polar surface area (TPSA) is 87.7 Å². The van der Waals surface area contributed by atoms with Gasteiger partial charge in [-0.15, -0.1) is 0 Å². The van der Waals surface area contributed by atoms with Crippen LogP contribution in [0, 0.1) is 0 Å². The SMILES string of the molecule is CCCc1c2c(cc3c(=O)cc(C(=O)O)oc13)CCCC2O. The molecule has 5 heteroatoms. The molecular weight excluding hydrogens is 284 g/mol. The lowest BCUT2D eigenvalue weighted by Crippen LogP contribution is -2.15. The van der Waals surface area contributed by atoms with Gasteiger partial charge in [0.1, 0.15) is 5.58 Å². The summed E-state index contributed by atoms with van der Waals surface area (Å²) in [6.07, 6.45) is 3.26. The van der Waals surface area contributed by atoms with E-state index >= 15 is 0 Å². The zero-order valence-corrected chi connectivity index (χ0v) is 12.4. The van der Waals surface area contributed by atoms with E-state index in [4.69, 9.17) is 9.52 Å². The minimum absolute atomic E-state index is 0.312. The van der Waals surface area contributed by atoms with Gasteiger partial charge in [0.2, 0.25) is 5.76 Å². The van der Waals surface area contributed by atoms with Crippen LogP contribution in [0.2, 0.25) is 0 Å². The van der Waals surface area contributed by atoms with Gasteiger partial charge < -0.3 is 14.6 Å². The van der Waals surface area contributed by atoms with Crippen molar-refractivity contribution in [3.63, 3.8) is 0 Å². The van der Waals surface area contributed by atoms with E-state index in [0.717, 1.165) is 42.0 Å². The lowest BCUT2D eigenvalue weighted by Gasteiger charge is -2.25. The summed E-state index contributed by atoms with van der Waals surface area (Å²) < 4.78 is 5.49. The van der Waals surface area contributed by atoms with Crippen LogP contribution in [0.25, 0.3) is 11.0 Å². The Morgan fingerprint density at radius 1 is 1.41 bits per heavy atom. The highest BCUT2D eigenvalue weighted by Gasteiger charge is 2.25. The number of carbonyl (C=O) groups is 1. The van der Waals surface area contributed by atoms with Crippen molar-refractivity contribution in [3.8, 4) is 0 Å². The molecule has 22 heavy (non-hydrogen) atoms. The van der Waals surface area contributed by atoms with Crippen molar-refractivity contribution in [1.29, 1.82) is 0 Å². The molecule has 1 unspecified atom stereocenters. The van der Waals surface area contributed by atoms with Gasteiger partial charge in [-0.05, 0) is 42.9 Å². The summed E-state index contributed by atoms with van der Waals surface area (Å²) in [4.78, 5) is 23.4. The molecule has 0 saturated heterocycles. The van der Waals surface area contributed by atoms with Crippen LogP contribution in [0.1, 0.15) is 59.5 Å². The summed E-state index contributed by atoms with van der Waals surface area (Å²) in [5, 5.41) is 19.8. The molecule has 1 aromatic heterocycles. The summed E-state index contributed by atoms with van der Waals surface area (Å²) in [5.74, 6) is -1.63. The van der Waals surface area contributed by atoms with Gasteiger partial charge in [-0.3, -0.25) is 4.79 Å². The maximum absolute atomic E-state index is 12.2. The van der Waals surface area contributed by atoms with Crippen LogP contribution >= 0.6 is 0 Å². The van der Waals surface area contributed by atoms with Gasteiger partial charge in [0.15, 0.2) is 5.43 Å². The molecule has 1 atom stereocenters. The number of aliphatic hydroxyl groups is 1. The predicted molar refractivity (Wildman–Crippen MR) is 81.3 cm³/mol. The predicted octanol–water partition coefficient (Wildman–Crippen LogP) is 2.81. The quantitative estimate of drug-likeness (QED) is 0.910. The Morgan fingerprint density at radius 3 is 2.86 bits per heavy atom. The Kier molecular flexibility index (Phi) is 3.74. The minimum atomic E-state index is -1.26. The van der Waals surface area contributed by atoms with E-state index in [-0.39, 0.29) is 11.2 Å². The highest BCUT2D eigenvalue weighted by molar-refractivity contribution is 5.89. The van der Waals surface area contributed by atoms with Gasteiger partial charge in [0, 0.05) is 11.6 Å². The van der Waals surface area contributed by atoms with E-state index in [0.29, 0.717) is 23.8 Å². The smallest absolute Gasteiger partial charge is 0.371 e. The number of aliphatic hydroxyl groups excluding tert-OH is 1. The van der Waals surface area contributed by atoms with Crippen molar-refractivity contribution in [1.82, 2.24) is 0 Å². The van der Waals surface area contributed by atoms with Crippen LogP contribution in [-0.2, 0) is 12.8 Å². The monoisotopic (exact) mass is 302 g/mol. The Balaban J connectivity index is 2.41. The second-order valence-corrected chi connectivity index (χ2v) is 5.74. The summed E-state index contributed by atoms with van der Waals surface area (Å²) in [6, 6.07) is 2.77. The van der Waals surface area contributed by atoms with E-state index in [2.05, 4.69) is 0 Å². The fraction of sp³-hybridized carbons (Fsp3) is 0.412. The molecule has 1 aliphatic carbocycles. The van der Waals surface area contributed by atoms with E-state index in [1.165, 1.54) is 0 Å². The molecule has 1 aliphatic rings. The number of benzene rings is 1. The Morgan fingerprint density at radius 2 is 2.18 bits per heavy atom. The van der Waals surface area contributed by atoms with Crippen LogP contribution in [0.4, 0.5) is 0 Å². The van der Waals surface area contributed by atoms with E-state index in [9.17, 15) is 14.7 Å². The Bertz CT molecular complexity index is 803. The first-order valence-corrected chi connectivity index (χ1v) is 7.56. The molecule has 0 amide bonds. The van der Waals surface area contributed by atoms with Crippen molar-refractivity contribution >= 4 is 16.9 Å². The van der Waals surface area contributed by atoms with Gasteiger partial charge in [-0.2, -0.15) is 0 Å². The van der Waals surface area contributed by atoms with E-state index in [1.807, 2.05) is 6.92 Å². The zero-order chi connectivity index (χ0) is 15.9. The molecule has 3 rings (SSSR count). The number of hydrogen-bond acceptors (Lipinski definition) is 4. The molecule has 0 radical (unpaired) electrons. The number of hydrogen-bond donors (Lipinski definition) is 2. The molecule has 2 N–H and O–H groups in total. The molecule has 1 aromatic carbocycles. The highest BCUT2D eigenvalue weighted by Crippen LogP contribution is 2.37. The first kappa shape index (κ1) is 14.8. The minimum Gasteiger partial charge on any atom is -0.475 e. The average molecular weight is 302 g/mol. The Hall–Kier alpha value is -2.14. The standard InChI is InChI=1S/C17H18O5/c1-2-4-10-15-9(5-3-6-12(15)18)7-11-13(19)8-14(17(20)21)22-16(10)11/h7-8,12,18H,2-6H2,1H3,(H,20,21). The average Bonchev–Trinajstić information content (AvgIpc) is 2.48. The summed E-state index contributed by atoms with van der Waals surface area (Å²) >= 11 is 0. The number of carboxylic acid groups (broad SMARTS) is 1. The number of aromatic carboxylic acids is 1. The molecular formula is C17H18O5. The van der Waals surface area contributed by atoms with E-state index in [1.54, 1.807) is 6.07 Å². The van der Waals surface area contributed by atoms with Crippen LogP contribution < -0.4 is 5.43 Å². The summed E-state index contributed by atoms with van der Waals surface area (Å²) in [5.41, 5.74) is 2.55. The van der Waals surface area contributed by atoms with Crippen molar-refractivity contribution in [2.24, 2.45) is 0 Å². The molecule has 0 spiro atoms. The highest BCUT2D eigenvalue weighted by atomic mass is 16.4. The van der Waals surface area contributed by atoms with Gasteiger partial charge in [0.05, 0.1) is 11.5 Å². The van der Waals surface area contributed by atoms with Crippen LogP contribution in [0.5, 0.6) is 0 Å². The number of carboxylic acids is 1. The third kappa shape index (κ3) is 2.31. The molecule has 5 nitrogen and oxygen atoms in total. The second kappa shape index (κ2) is 5.57. The van der Waals surface area contributed by atoms with E-state index < -0.39 is 12.1 Å². The molecule has 0 bridgehead atoms. The molecule has 0 fully saturated rings. The van der Waals surface area contributed by atoms with Crippen LogP contribution in [0.15, 0.2) is 21.3 Å². The lowest BCUT2D eigenvalue weighted by molar-refractivity contribution is 0.0663. The van der Waals surface area contributed by atoms with Gasteiger partial charge in [-0.25, -0.2) is 4.79 Å².